The van der Waals surface area contributed by atoms with Crippen molar-refractivity contribution in [2.45, 2.75) is 0 Å². The first-order valence-electron chi connectivity index (χ1n) is 5.01. The van der Waals surface area contributed by atoms with Gasteiger partial charge in [-0.25, -0.2) is 0 Å². The number of aromatic nitrogens is 1. The van der Waals surface area contributed by atoms with E-state index in [1.54, 1.807) is 7.05 Å². The molecule has 0 radical (unpaired) electrons. The lowest BCUT2D eigenvalue weighted by molar-refractivity contribution is 0.0993. The van der Waals surface area contributed by atoms with Crippen LogP contribution in [0.25, 0.3) is 0 Å². The first-order valence-corrected chi connectivity index (χ1v) is 6.62. The van der Waals surface area contributed by atoms with Crippen molar-refractivity contribution in [3.8, 4) is 6.07 Å². The molecular formula is C12H8BrN3OS. The maximum atomic E-state index is 12.3. The molecule has 0 bridgehead atoms. The lowest BCUT2D eigenvalue weighted by Crippen LogP contribution is -2.26. The van der Waals surface area contributed by atoms with Crippen LogP contribution in [0.3, 0.4) is 0 Å². The molecule has 2 aromatic rings. The standard InChI is InChI=1S/C12H8BrN3OS/c1-16(11-3-2-10(13)18-11)12(17)9-7-15-5-4-8(9)6-14/h2-5,7H,1H3. The Morgan fingerprint density at radius 2 is 2.28 bits per heavy atom. The third kappa shape index (κ3) is 2.42. The quantitative estimate of drug-likeness (QED) is 0.854. The van der Waals surface area contributed by atoms with Gasteiger partial charge in [-0.1, -0.05) is 0 Å². The highest BCUT2D eigenvalue weighted by Gasteiger charge is 2.18. The monoisotopic (exact) mass is 321 g/mol. The highest BCUT2D eigenvalue weighted by molar-refractivity contribution is 9.11. The minimum absolute atomic E-state index is 0.242. The van der Waals surface area contributed by atoms with Gasteiger partial charge >= 0.3 is 0 Å². The van der Waals surface area contributed by atoms with Crippen molar-refractivity contribution in [3.05, 3.63) is 45.5 Å². The number of amides is 1. The fourth-order valence-electron chi connectivity index (χ4n) is 1.43. The van der Waals surface area contributed by atoms with Crippen LogP contribution in [0, 0.1) is 11.3 Å². The zero-order valence-electron chi connectivity index (χ0n) is 9.42. The number of anilines is 1. The van der Waals surface area contributed by atoms with Crippen LogP contribution >= 0.6 is 27.3 Å². The van der Waals surface area contributed by atoms with Gasteiger partial charge in [0.25, 0.3) is 5.91 Å². The molecule has 2 rings (SSSR count). The first kappa shape index (κ1) is 12.7. The Morgan fingerprint density at radius 1 is 1.50 bits per heavy atom. The van der Waals surface area contributed by atoms with Crippen molar-refractivity contribution in [3.63, 3.8) is 0 Å². The summed E-state index contributed by atoms with van der Waals surface area (Å²) in [6, 6.07) is 7.24. The van der Waals surface area contributed by atoms with Crippen LogP contribution in [-0.4, -0.2) is 17.9 Å². The summed E-state index contributed by atoms with van der Waals surface area (Å²) in [6.07, 6.45) is 2.91. The maximum absolute atomic E-state index is 12.3. The van der Waals surface area contributed by atoms with Crippen LogP contribution in [0.5, 0.6) is 0 Å². The number of carbonyl (C=O) groups excluding carboxylic acids is 1. The molecule has 4 nitrogen and oxygen atoms in total. The predicted molar refractivity (Wildman–Crippen MR) is 73.7 cm³/mol. The molecule has 6 heteroatoms. The number of rotatable bonds is 2. The van der Waals surface area contributed by atoms with Gasteiger partial charge in [-0.2, -0.15) is 5.26 Å². The molecule has 2 aromatic heterocycles. The summed E-state index contributed by atoms with van der Waals surface area (Å²) >= 11 is 4.80. The number of halogens is 1. The zero-order chi connectivity index (χ0) is 13.1. The van der Waals surface area contributed by atoms with E-state index in [9.17, 15) is 4.79 Å². The fraction of sp³-hybridized carbons (Fsp3) is 0.0833. The number of nitrogens with zero attached hydrogens (tertiary/aromatic N) is 3. The lowest BCUT2D eigenvalue weighted by Gasteiger charge is -2.15. The Balaban J connectivity index is 2.35. The van der Waals surface area contributed by atoms with E-state index in [2.05, 4.69) is 20.9 Å². The first-order chi connectivity index (χ1) is 8.63. The maximum Gasteiger partial charge on any atom is 0.261 e. The number of nitriles is 1. The van der Waals surface area contributed by atoms with E-state index in [1.165, 1.54) is 34.7 Å². The summed E-state index contributed by atoms with van der Waals surface area (Å²) in [7, 11) is 1.68. The number of thiophene rings is 1. The minimum atomic E-state index is -0.242. The van der Waals surface area contributed by atoms with E-state index in [-0.39, 0.29) is 5.91 Å². The van der Waals surface area contributed by atoms with Gasteiger partial charge in [0.15, 0.2) is 0 Å². The van der Waals surface area contributed by atoms with E-state index in [0.717, 1.165) is 8.79 Å². The highest BCUT2D eigenvalue weighted by atomic mass is 79.9. The number of hydrogen-bond donors (Lipinski definition) is 0. The van der Waals surface area contributed by atoms with Gasteiger partial charge in [-0.05, 0) is 34.1 Å². The molecule has 0 N–H and O–H groups in total. The average molecular weight is 322 g/mol. The molecule has 0 aliphatic carbocycles. The van der Waals surface area contributed by atoms with Crippen LogP contribution in [-0.2, 0) is 0 Å². The third-order valence-electron chi connectivity index (χ3n) is 2.37. The second kappa shape index (κ2) is 5.29. The van der Waals surface area contributed by atoms with Gasteiger partial charge in [-0.3, -0.25) is 9.78 Å². The molecule has 0 aromatic carbocycles. The van der Waals surface area contributed by atoms with E-state index in [0.29, 0.717) is 11.1 Å². The lowest BCUT2D eigenvalue weighted by atomic mass is 10.1. The third-order valence-corrected chi connectivity index (χ3v) is 4.07. The van der Waals surface area contributed by atoms with E-state index >= 15 is 0 Å². The zero-order valence-corrected chi connectivity index (χ0v) is 11.8. The molecule has 0 spiro atoms. The second-order valence-electron chi connectivity index (χ2n) is 3.47. The normalized spacial score (nSPS) is 9.83. The molecule has 0 fully saturated rings. The van der Waals surface area contributed by atoms with Crippen molar-refractivity contribution in [1.29, 1.82) is 5.26 Å². The minimum Gasteiger partial charge on any atom is -0.303 e. The van der Waals surface area contributed by atoms with Crippen molar-refractivity contribution >= 4 is 38.2 Å². The van der Waals surface area contributed by atoms with E-state index < -0.39 is 0 Å². The van der Waals surface area contributed by atoms with Crippen LogP contribution in [0.15, 0.2) is 34.4 Å². The molecule has 0 saturated heterocycles. The number of hydrogen-bond acceptors (Lipinski definition) is 4. The van der Waals surface area contributed by atoms with Gasteiger partial charge in [0.05, 0.1) is 19.9 Å². The van der Waals surface area contributed by atoms with Gasteiger partial charge < -0.3 is 4.90 Å². The summed E-state index contributed by atoms with van der Waals surface area (Å²) < 4.78 is 0.948. The van der Waals surface area contributed by atoms with Crippen LogP contribution < -0.4 is 4.90 Å². The van der Waals surface area contributed by atoms with Crippen LogP contribution in [0.1, 0.15) is 15.9 Å². The summed E-state index contributed by atoms with van der Waals surface area (Å²) in [5.41, 5.74) is 0.643. The Kier molecular flexibility index (Phi) is 3.75. The Hall–Kier alpha value is -1.71. The molecule has 0 aliphatic heterocycles. The van der Waals surface area contributed by atoms with Crippen molar-refractivity contribution in [2.75, 3.05) is 11.9 Å². The Morgan fingerprint density at radius 3 is 2.89 bits per heavy atom. The molecule has 0 saturated carbocycles. The summed E-state index contributed by atoms with van der Waals surface area (Å²) in [4.78, 5) is 17.7. The van der Waals surface area contributed by atoms with Crippen molar-refractivity contribution < 1.29 is 4.79 Å². The predicted octanol–water partition coefficient (Wildman–Crippen LogP) is 3.05. The summed E-state index contributed by atoms with van der Waals surface area (Å²) in [5.74, 6) is -0.242. The Labute approximate surface area is 117 Å². The SMILES string of the molecule is CN(C(=O)c1cnccc1C#N)c1ccc(Br)s1. The van der Waals surface area contributed by atoms with Gasteiger partial charge in [0.1, 0.15) is 6.07 Å². The van der Waals surface area contributed by atoms with E-state index in [1.807, 2.05) is 18.2 Å². The smallest absolute Gasteiger partial charge is 0.261 e. The molecule has 2 heterocycles. The van der Waals surface area contributed by atoms with Crippen LogP contribution in [0.2, 0.25) is 0 Å². The fourth-order valence-corrected chi connectivity index (χ4v) is 2.75. The van der Waals surface area contributed by atoms with Crippen LogP contribution in [0.4, 0.5) is 5.00 Å². The molecular weight excluding hydrogens is 314 g/mol. The van der Waals surface area contributed by atoms with E-state index in [4.69, 9.17) is 5.26 Å². The molecule has 0 unspecified atom stereocenters. The van der Waals surface area contributed by atoms with Gasteiger partial charge in [0, 0.05) is 19.4 Å². The average Bonchev–Trinajstić information content (AvgIpc) is 2.83. The van der Waals surface area contributed by atoms with Crippen molar-refractivity contribution in [2.24, 2.45) is 0 Å². The molecule has 0 aliphatic rings. The molecule has 90 valence electrons. The van der Waals surface area contributed by atoms with Gasteiger partial charge in [0.2, 0.25) is 0 Å². The highest BCUT2D eigenvalue weighted by Crippen LogP contribution is 2.30. The van der Waals surface area contributed by atoms with Crippen molar-refractivity contribution in [1.82, 2.24) is 4.98 Å². The number of carbonyl (C=O) groups is 1. The topological polar surface area (TPSA) is 57.0 Å². The summed E-state index contributed by atoms with van der Waals surface area (Å²) in [6.45, 7) is 0. The number of pyridine rings is 1. The Bertz CT molecular complexity index is 632. The second-order valence-corrected chi connectivity index (χ2v) is 5.92. The summed E-state index contributed by atoms with van der Waals surface area (Å²) in [5, 5.41) is 9.78. The van der Waals surface area contributed by atoms with Gasteiger partial charge in [-0.15, -0.1) is 11.3 Å². The molecule has 0 atom stereocenters. The molecule has 1 amide bonds. The largest absolute Gasteiger partial charge is 0.303 e. The molecule has 18 heavy (non-hydrogen) atoms.